The van der Waals surface area contributed by atoms with E-state index in [1.54, 1.807) is 0 Å². The zero-order valence-electron chi connectivity index (χ0n) is 11.8. The first kappa shape index (κ1) is 14.7. The van der Waals surface area contributed by atoms with Crippen molar-refractivity contribution in [1.29, 1.82) is 0 Å². The van der Waals surface area contributed by atoms with Crippen LogP contribution in [0.1, 0.15) is 26.2 Å². The van der Waals surface area contributed by atoms with Crippen LogP contribution >= 0.6 is 11.8 Å². The lowest BCUT2D eigenvalue weighted by Crippen LogP contribution is -2.35. The fraction of sp³-hybridized carbons (Fsp3) is 0.625. The minimum atomic E-state index is 0.724. The van der Waals surface area contributed by atoms with Crippen LogP contribution in [0.5, 0.6) is 5.75 Å². The van der Waals surface area contributed by atoms with E-state index >= 15 is 0 Å². The topological polar surface area (TPSA) is 21.3 Å². The maximum absolute atomic E-state index is 5.75. The second-order valence-electron chi connectivity index (χ2n) is 5.16. The standard InChI is InChI=1S/C16H25NOS/c1-2-10-17-16-13-19-12-14(16)7-6-11-18-15-8-4-3-5-9-15/h3-5,8-9,14,16-17H,2,6-7,10-13H2,1H3. The van der Waals surface area contributed by atoms with E-state index in [1.165, 1.54) is 24.3 Å². The number of nitrogens with one attached hydrogen (secondary N) is 1. The number of benzene rings is 1. The van der Waals surface area contributed by atoms with Gasteiger partial charge in [-0.15, -0.1) is 0 Å². The summed E-state index contributed by atoms with van der Waals surface area (Å²) in [4.78, 5) is 0. The van der Waals surface area contributed by atoms with E-state index < -0.39 is 0 Å². The Morgan fingerprint density at radius 3 is 2.89 bits per heavy atom. The number of rotatable bonds is 8. The largest absolute Gasteiger partial charge is 0.494 e. The van der Waals surface area contributed by atoms with Crippen LogP contribution in [0.4, 0.5) is 0 Å². The van der Waals surface area contributed by atoms with Gasteiger partial charge in [-0.05, 0) is 49.6 Å². The van der Waals surface area contributed by atoms with Gasteiger partial charge < -0.3 is 10.1 Å². The van der Waals surface area contributed by atoms with Crippen molar-refractivity contribution >= 4 is 11.8 Å². The highest BCUT2D eigenvalue weighted by Gasteiger charge is 2.26. The molecular weight excluding hydrogens is 254 g/mol. The molecule has 0 amide bonds. The molecular formula is C16H25NOS. The lowest BCUT2D eigenvalue weighted by atomic mass is 9.98. The van der Waals surface area contributed by atoms with Gasteiger partial charge in [0.05, 0.1) is 6.61 Å². The quantitative estimate of drug-likeness (QED) is 0.735. The zero-order chi connectivity index (χ0) is 13.3. The lowest BCUT2D eigenvalue weighted by molar-refractivity contribution is 0.286. The molecule has 1 aliphatic rings. The molecule has 0 radical (unpaired) electrons. The molecule has 1 saturated heterocycles. The van der Waals surface area contributed by atoms with Gasteiger partial charge in [0.15, 0.2) is 0 Å². The zero-order valence-corrected chi connectivity index (χ0v) is 12.6. The number of ether oxygens (including phenoxy) is 1. The molecule has 0 aliphatic carbocycles. The summed E-state index contributed by atoms with van der Waals surface area (Å²) in [5.41, 5.74) is 0. The molecule has 3 heteroatoms. The first-order chi connectivity index (χ1) is 9.40. The summed E-state index contributed by atoms with van der Waals surface area (Å²) in [5.74, 6) is 4.41. The molecule has 0 saturated carbocycles. The predicted octanol–water partition coefficient (Wildman–Crippen LogP) is 3.58. The van der Waals surface area contributed by atoms with E-state index in [2.05, 4.69) is 24.0 Å². The van der Waals surface area contributed by atoms with Crippen molar-refractivity contribution < 1.29 is 4.74 Å². The molecule has 1 aliphatic heterocycles. The van der Waals surface area contributed by atoms with Crippen LogP contribution in [0.15, 0.2) is 30.3 Å². The van der Waals surface area contributed by atoms with E-state index in [-0.39, 0.29) is 0 Å². The van der Waals surface area contributed by atoms with Crippen molar-refractivity contribution in [3.05, 3.63) is 30.3 Å². The Morgan fingerprint density at radius 2 is 2.11 bits per heavy atom. The summed E-state index contributed by atoms with van der Waals surface area (Å²) >= 11 is 2.09. The first-order valence-electron chi connectivity index (χ1n) is 7.39. The fourth-order valence-corrected chi connectivity index (χ4v) is 3.97. The van der Waals surface area contributed by atoms with Gasteiger partial charge in [0.1, 0.15) is 5.75 Å². The summed E-state index contributed by atoms with van der Waals surface area (Å²) in [6.45, 7) is 4.23. The van der Waals surface area contributed by atoms with E-state index in [0.29, 0.717) is 0 Å². The van der Waals surface area contributed by atoms with E-state index in [1.807, 2.05) is 30.3 Å². The number of hydrogen-bond donors (Lipinski definition) is 1. The minimum Gasteiger partial charge on any atom is -0.494 e. The third kappa shape index (κ3) is 5.07. The Bertz CT molecular complexity index is 344. The molecule has 1 N–H and O–H groups in total. The van der Waals surface area contributed by atoms with E-state index in [4.69, 9.17) is 4.74 Å². The summed E-state index contributed by atoms with van der Waals surface area (Å²) in [6.07, 6.45) is 3.66. The van der Waals surface area contributed by atoms with Crippen molar-refractivity contribution in [3.8, 4) is 5.75 Å². The number of para-hydroxylation sites is 1. The molecule has 0 aromatic heterocycles. The van der Waals surface area contributed by atoms with E-state index in [0.717, 1.165) is 37.3 Å². The van der Waals surface area contributed by atoms with Crippen LogP contribution in [0.2, 0.25) is 0 Å². The highest BCUT2D eigenvalue weighted by Crippen LogP contribution is 2.28. The molecule has 0 spiro atoms. The molecule has 1 heterocycles. The molecule has 2 rings (SSSR count). The van der Waals surface area contributed by atoms with Gasteiger partial charge in [-0.3, -0.25) is 0 Å². The second kappa shape index (κ2) is 8.49. The highest BCUT2D eigenvalue weighted by atomic mass is 32.2. The average molecular weight is 279 g/mol. The molecule has 2 unspecified atom stereocenters. The molecule has 2 nitrogen and oxygen atoms in total. The van der Waals surface area contributed by atoms with Crippen LogP contribution in [0, 0.1) is 5.92 Å². The van der Waals surface area contributed by atoms with Gasteiger partial charge in [-0.1, -0.05) is 25.1 Å². The predicted molar refractivity (Wildman–Crippen MR) is 84.1 cm³/mol. The van der Waals surface area contributed by atoms with Crippen molar-refractivity contribution in [3.63, 3.8) is 0 Å². The Hall–Kier alpha value is -0.670. The summed E-state index contributed by atoms with van der Waals surface area (Å²) in [7, 11) is 0. The number of hydrogen-bond acceptors (Lipinski definition) is 3. The SMILES string of the molecule is CCCNC1CSCC1CCCOc1ccccc1. The molecule has 19 heavy (non-hydrogen) atoms. The average Bonchev–Trinajstić information content (AvgIpc) is 2.90. The lowest BCUT2D eigenvalue weighted by Gasteiger charge is -2.19. The number of thioether (sulfide) groups is 1. The van der Waals surface area contributed by atoms with Gasteiger partial charge in [0.2, 0.25) is 0 Å². The van der Waals surface area contributed by atoms with Crippen LogP contribution in [0.25, 0.3) is 0 Å². The summed E-state index contributed by atoms with van der Waals surface area (Å²) < 4.78 is 5.75. The Labute approximate surface area is 121 Å². The van der Waals surface area contributed by atoms with Gasteiger partial charge in [0, 0.05) is 11.8 Å². The smallest absolute Gasteiger partial charge is 0.119 e. The van der Waals surface area contributed by atoms with Crippen molar-refractivity contribution in [2.45, 2.75) is 32.2 Å². The normalized spacial score (nSPS) is 22.6. The van der Waals surface area contributed by atoms with Crippen molar-refractivity contribution in [2.24, 2.45) is 5.92 Å². The minimum absolute atomic E-state index is 0.724. The molecule has 1 aromatic carbocycles. The van der Waals surface area contributed by atoms with Gasteiger partial charge in [-0.25, -0.2) is 0 Å². The van der Waals surface area contributed by atoms with Gasteiger partial charge in [0.25, 0.3) is 0 Å². The summed E-state index contributed by atoms with van der Waals surface area (Å²) in [6, 6.07) is 10.8. The fourth-order valence-electron chi connectivity index (χ4n) is 2.49. The third-order valence-electron chi connectivity index (χ3n) is 3.59. The Kier molecular flexibility index (Phi) is 6.58. The molecule has 2 atom stereocenters. The van der Waals surface area contributed by atoms with Crippen molar-refractivity contribution in [1.82, 2.24) is 5.32 Å². The molecule has 0 bridgehead atoms. The monoisotopic (exact) mass is 279 g/mol. The second-order valence-corrected chi connectivity index (χ2v) is 6.24. The van der Waals surface area contributed by atoms with Crippen LogP contribution in [-0.2, 0) is 0 Å². The maximum Gasteiger partial charge on any atom is 0.119 e. The molecule has 1 fully saturated rings. The third-order valence-corrected chi connectivity index (χ3v) is 4.84. The molecule has 1 aromatic rings. The van der Waals surface area contributed by atoms with Gasteiger partial charge in [-0.2, -0.15) is 11.8 Å². The first-order valence-corrected chi connectivity index (χ1v) is 8.54. The summed E-state index contributed by atoms with van der Waals surface area (Å²) in [5, 5.41) is 3.68. The Morgan fingerprint density at radius 1 is 1.26 bits per heavy atom. The Balaban J connectivity index is 1.62. The van der Waals surface area contributed by atoms with E-state index in [9.17, 15) is 0 Å². The van der Waals surface area contributed by atoms with Crippen LogP contribution in [-0.4, -0.2) is 30.7 Å². The maximum atomic E-state index is 5.75. The molecule has 106 valence electrons. The van der Waals surface area contributed by atoms with Crippen LogP contribution < -0.4 is 10.1 Å². The van der Waals surface area contributed by atoms with Crippen molar-refractivity contribution in [2.75, 3.05) is 24.7 Å². The van der Waals surface area contributed by atoms with Crippen LogP contribution in [0.3, 0.4) is 0 Å². The highest BCUT2D eigenvalue weighted by molar-refractivity contribution is 7.99. The van der Waals surface area contributed by atoms with Gasteiger partial charge >= 0.3 is 0 Å².